The highest BCUT2D eigenvalue weighted by Crippen LogP contribution is 2.22. The third-order valence-corrected chi connectivity index (χ3v) is 6.35. The molecule has 0 bridgehead atoms. The first kappa shape index (κ1) is 25.6. The van der Waals surface area contributed by atoms with E-state index in [1.807, 2.05) is 32.0 Å². The van der Waals surface area contributed by atoms with Gasteiger partial charge in [0.05, 0.1) is 17.1 Å². The van der Waals surface area contributed by atoms with Crippen molar-refractivity contribution in [2.45, 2.75) is 26.2 Å². The Balaban J connectivity index is 1.59. The molecule has 0 aliphatic heterocycles. The number of fused-ring (bicyclic) bond motifs is 1. The number of halogens is 2. The quantitative estimate of drug-likeness (QED) is 0.256. The molecule has 36 heavy (non-hydrogen) atoms. The fourth-order valence-corrected chi connectivity index (χ4v) is 3.98. The summed E-state index contributed by atoms with van der Waals surface area (Å²) in [6.45, 7) is 3.85. The van der Waals surface area contributed by atoms with Crippen LogP contribution in [0.2, 0.25) is 5.02 Å². The van der Waals surface area contributed by atoms with E-state index in [9.17, 15) is 9.59 Å². The number of nitrogens with one attached hydrogen (secondary N) is 1. The van der Waals surface area contributed by atoms with Gasteiger partial charge >= 0.3 is 0 Å². The molecular formula is C27H24BrClN4O3. The van der Waals surface area contributed by atoms with Crippen LogP contribution in [0, 0.1) is 0 Å². The van der Waals surface area contributed by atoms with Crippen LogP contribution in [0.15, 0.2) is 81.1 Å². The van der Waals surface area contributed by atoms with Crippen molar-refractivity contribution in [1.82, 2.24) is 9.66 Å². The Morgan fingerprint density at radius 1 is 1.19 bits per heavy atom. The molecule has 1 amide bonds. The molecule has 0 fully saturated rings. The molecule has 1 aromatic heterocycles. The van der Waals surface area contributed by atoms with Crippen molar-refractivity contribution in [3.8, 4) is 5.75 Å². The fourth-order valence-electron chi connectivity index (χ4n) is 3.49. The number of anilines is 1. The average Bonchev–Trinajstić information content (AvgIpc) is 2.88. The zero-order chi connectivity index (χ0) is 25.7. The Hall–Kier alpha value is -3.49. The predicted molar refractivity (Wildman–Crippen MR) is 147 cm³/mol. The van der Waals surface area contributed by atoms with Crippen LogP contribution in [-0.2, 0) is 4.79 Å². The van der Waals surface area contributed by atoms with Crippen LogP contribution in [0.5, 0.6) is 5.75 Å². The number of hydrogen-bond donors (Lipinski definition) is 1. The second kappa shape index (κ2) is 11.5. The first-order valence-electron chi connectivity index (χ1n) is 11.4. The van der Waals surface area contributed by atoms with E-state index < -0.39 is 0 Å². The second-order valence-electron chi connectivity index (χ2n) is 8.18. The summed E-state index contributed by atoms with van der Waals surface area (Å²) in [5.41, 5.74) is 1.61. The van der Waals surface area contributed by atoms with Crippen molar-refractivity contribution < 1.29 is 9.53 Å². The lowest BCUT2D eigenvalue weighted by Crippen LogP contribution is -2.24. The standard InChI is InChI=1S/C27H24BrClN4O3/c1-3-17(2)26-32-23-13-8-19(28)14-22(23)27(35)33(26)30-15-18-6-4-5-7-24(18)36-16-25(34)31-21-11-9-20(29)10-12-21/h4-15,17H,3,16H2,1-2H3,(H,31,34)/t17-/m1/s1. The van der Waals surface area contributed by atoms with Crippen molar-refractivity contribution >= 4 is 56.2 Å². The minimum absolute atomic E-state index is 0.0194. The SMILES string of the molecule is CC[C@@H](C)c1nc2ccc(Br)cc2c(=O)n1N=Cc1ccccc1OCC(=O)Nc1ccc(Cl)cc1. The third kappa shape index (κ3) is 6.01. The zero-order valence-corrected chi connectivity index (χ0v) is 22.1. The lowest BCUT2D eigenvalue weighted by molar-refractivity contribution is -0.118. The van der Waals surface area contributed by atoms with Gasteiger partial charge in [-0.25, -0.2) is 4.98 Å². The lowest BCUT2D eigenvalue weighted by atomic mass is 10.1. The molecule has 0 unspecified atom stereocenters. The molecule has 0 aliphatic carbocycles. The molecule has 0 radical (unpaired) electrons. The molecule has 4 rings (SSSR count). The highest BCUT2D eigenvalue weighted by atomic mass is 79.9. The zero-order valence-electron chi connectivity index (χ0n) is 19.7. The molecule has 0 saturated carbocycles. The number of rotatable bonds is 8. The molecule has 184 valence electrons. The monoisotopic (exact) mass is 566 g/mol. The minimum atomic E-state index is -0.316. The maximum absolute atomic E-state index is 13.3. The summed E-state index contributed by atoms with van der Waals surface area (Å²) >= 11 is 9.31. The molecule has 1 atom stereocenters. The van der Waals surface area contributed by atoms with Crippen molar-refractivity contribution in [3.05, 3.63) is 98.0 Å². The van der Waals surface area contributed by atoms with Gasteiger partial charge in [-0.2, -0.15) is 9.78 Å². The van der Waals surface area contributed by atoms with E-state index in [2.05, 4.69) is 26.3 Å². The molecule has 4 aromatic rings. The first-order chi connectivity index (χ1) is 17.4. The summed E-state index contributed by atoms with van der Waals surface area (Å²) in [6.07, 6.45) is 2.34. The maximum Gasteiger partial charge on any atom is 0.282 e. The molecule has 0 aliphatic rings. The summed E-state index contributed by atoms with van der Waals surface area (Å²) < 4.78 is 7.89. The summed E-state index contributed by atoms with van der Waals surface area (Å²) in [4.78, 5) is 30.4. The van der Waals surface area contributed by atoms with Crippen LogP contribution < -0.4 is 15.6 Å². The van der Waals surface area contributed by atoms with Gasteiger partial charge in [0.2, 0.25) is 0 Å². The highest BCUT2D eigenvalue weighted by Gasteiger charge is 2.16. The van der Waals surface area contributed by atoms with E-state index in [1.54, 1.807) is 54.7 Å². The average molecular weight is 568 g/mol. The van der Waals surface area contributed by atoms with Gasteiger partial charge in [-0.15, -0.1) is 0 Å². The molecule has 1 N–H and O–H groups in total. The molecule has 3 aromatic carbocycles. The number of aromatic nitrogens is 2. The normalized spacial score (nSPS) is 12.1. The largest absolute Gasteiger partial charge is 0.483 e. The minimum Gasteiger partial charge on any atom is -0.483 e. The number of para-hydroxylation sites is 1. The van der Waals surface area contributed by atoms with Crippen molar-refractivity contribution in [1.29, 1.82) is 0 Å². The van der Waals surface area contributed by atoms with Crippen LogP contribution in [-0.4, -0.2) is 28.4 Å². The number of nitrogens with zero attached hydrogens (tertiary/aromatic N) is 3. The van der Waals surface area contributed by atoms with Gasteiger partial charge in [0.15, 0.2) is 6.61 Å². The van der Waals surface area contributed by atoms with Crippen molar-refractivity contribution in [3.63, 3.8) is 0 Å². The number of hydrogen-bond acceptors (Lipinski definition) is 5. The Labute approximate surface area is 221 Å². The van der Waals surface area contributed by atoms with E-state index in [-0.39, 0.29) is 24.0 Å². The molecule has 0 saturated heterocycles. The van der Waals surface area contributed by atoms with Gasteiger partial charge < -0.3 is 10.1 Å². The molecular weight excluding hydrogens is 544 g/mol. The number of benzene rings is 3. The van der Waals surface area contributed by atoms with Gasteiger partial charge in [-0.05, 0) is 61.0 Å². The summed E-state index contributed by atoms with van der Waals surface area (Å²) in [5.74, 6) is 0.742. The van der Waals surface area contributed by atoms with Crippen molar-refractivity contribution in [2.24, 2.45) is 5.10 Å². The summed E-state index contributed by atoms with van der Waals surface area (Å²) in [7, 11) is 0. The van der Waals surface area contributed by atoms with E-state index in [0.717, 1.165) is 10.9 Å². The van der Waals surface area contributed by atoms with Crippen LogP contribution >= 0.6 is 27.5 Å². The molecule has 9 heteroatoms. The van der Waals surface area contributed by atoms with Gasteiger partial charge in [0.1, 0.15) is 11.6 Å². The first-order valence-corrected chi connectivity index (χ1v) is 12.6. The highest BCUT2D eigenvalue weighted by molar-refractivity contribution is 9.10. The van der Waals surface area contributed by atoms with Gasteiger partial charge in [0, 0.05) is 26.7 Å². The maximum atomic E-state index is 13.3. The van der Waals surface area contributed by atoms with E-state index >= 15 is 0 Å². The van der Waals surface area contributed by atoms with Crippen LogP contribution in [0.3, 0.4) is 0 Å². The smallest absolute Gasteiger partial charge is 0.282 e. The Morgan fingerprint density at radius 2 is 1.94 bits per heavy atom. The predicted octanol–water partition coefficient (Wildman–Crippen LogP) is 6.23. The van der Waals surface area contributed by atoms with Gasteiger partial charge in [-0.3, -0.25) is 9.59 Å². The molecule has 0 spiro atoms. The van der Waals surface area contributed by atoms with Gasteiger partial charge in [-0.1, -0.05) is 53.5 Å². The Morgan fingerprint density at radius 3 is 2.69 bits per heavy atom. The van der Waals surface area contributed by atoms with Crippen LogP contribution in [0.4, 0.5) is 5.69 Å². The lowest BCUT2D eigenvalue weighted by Gasteiger charge is -2.14. The van der Waals surface area contributed by atoms with E-state index in [1.165, 1.54) is 4.68 Å². The molecule has 1 heterocycles. The Bertz CT molecular complexity index is 1490. The van der Waals surface area contributed by atoms with Gasteiger partial charge in [0.25, 0.3) is 11.5 Å². The topological polar surface area (TPSA) is 85.6 Å². The molecule has 7 nitrogen and oxygen atoms in total. The Kier molecular flexibility index (Phi) is 8.18. The summed E-state index contributed by atoms with van der Waals surface area (Å²) in [5, 5.41) is 8.31. The van der Waals surface area contributed by atoms with E-state index in [0.29, 0.717) is 38.8 Å². The number of carbonyl (C=O) groups excluding carboxylic acids is 1. The fraction of sp³-hybridized carbons (Fsp3) is 0.185. The van der Waals surface area contributed by atoms with Crippen molar-refractivity contribution in [2.75, 3.05) is 11.9 Å². The number of carbonyl (C=O) groups is 1. The van der Waals surface area contributed by atoms with Crippen LogP contribution in [0.25, 0.3) is 10.9 Å². The third-order valence-electron chi connectivity index (χ3n) is 5.60. The van der Waals surface area contributed by atoms with E-state index in [4.69, 9.17) is 21.3 Å². The second-order valence-corrected chi connectivity index (χ2v) is 9.54. The van der Waals surface area contributed by atoms with Crippen LogP contribution in [0.1, 0.15) is 37.6 Å². The summed E-state index contributed by atoms with van der Waals surface area (Å²) in [6, 6.07) is 19.4. The number of amides is 1. The number of ether oxygens (including phenoxy) is 1.